The Labute approximate surface area is 132 Å². The first-order valence-electron chi connectivity index (χ1n) is 7.24. The maximum atomic E-state index is 12.2. The number of nitrogens with zero attached hydrogens (tertiary/aromatic N) is 1. The minimum Gasteiger partial charge on any atom is -0.351 e. The van der Waals surface area contributed by atoms with Crippen molar-refractivity contribution < 1.29 is 9.59 Å². The second-order valence-electron chi connectivity index (χ2n) is 5.27. The number of rotatable bonds is 4. The van der Waals surface area contributed by atoms with Gasteiger partial charge in [-0.25, -0.2) is 0 Å². The molecule has 1 aliphatic heterocycles. The number of hydrogen-bond acceptors (Lipinski definition) is 4. The molecular weight excluding hydrogens is 298 g/mol. The molecule has 0 radical (unpaired) electrons. The zero-order valence-electron chi connectivity index (χ0n) is 12.0. The summed E-state index contributed by atoms with van der Waals surface area (Å²) >= 11 is 1.59. The van der Waals surface area contributed by atoms with Crippen LogP contribution in [0.4, 0.5) is 0 Å². The quantitative estimate of drug-likeness (QED) is 0.904. The van der Waals surface area contributed by atoms with E-state index in [9.17, 15) is 9.59 Å². The summed E-state index contributed by atoms with van der Waals surface area (Å²) in [4.78, 5) is 29.1. The first-order chi connectivity index (χ1) is 10.7. The fourth-order valence-corrected chi connectivity index (χ4v) is 3.46. The Morgan fingerprint density at radius 1 is 1.36 bits per heavy atom. The van der Waals surface area contributed by atoms with Gasteiger partial charge in [-0.05, 0) is 30.0 Å². The van der Waals surface area contributed by atoms with E-state index >= 15 is 0 Å². The molecule has 22 heavy (non-hydrogen) atoms. The molecule has 0 aromatic carbocycles. The van der Waals surface area contributed by atoms with E-state index in [0.29, 0.717) is 12.8 Å². The normalized spacial score (nSPS) is 21.2. The van der Waals surface area contributed by atoms with Crippen LogP contribution in [-0.2, 0) is 16.0 Å². The van der Waals surface area contributed by atoms with Crippen molar-refractivity contribution in [1.82, 2.24) is 15.6 Å². The van der Waals surface area contributed by atoms with Gasteiger partial charge >= 0.3 is 0 Å². The van der Waals surface area contributed by atoms with Crippen LogP contribution in [0, 0.1) is 0 Å². The molecule has 0 bridgehead atoms. The second-order valence-corrected chi connectivity index (χ2v) is 6.25. The molecule has 3 rings (SSSR count). The van der Waals surface area contributed by atoms with Crippen molar-refractivity contribution in [2.75, 3.05) is 0 Å². The number of carbonyl (C=O) groups is 2. The van der Waals surface area contributed by atoms with Crippen molar-refractivity contribution in [1.29, 1.82) is 0 Å². The van der Waals surface area contributed by atoms with Gasteiger partial charge in [-0.3, -0.25) is 14.6 Å². The van der Waals surface area contributed by atoms with Gasteiger partial charge in [-0.1, -0.05) is 12.1 Å². The van der Waals surface area contributed by atoms with Crippen LogP contribution in [0.15, 0.2) is 41.9 Å². The Morgan fingerprint density at radius 2 is 2.27 bits per heavy atom. The largest absolute Gasteiger partial charge is 0.351 e. The maximum absolute atomic E-state index is 12.2. The fourth-order valence-electron chi connectivity index (χ4n) is 2.62. The zero-order chi connectivity index (χ0) is 15.4. The summed E-state index contributed by atoms with van der Waals surface area (Å²) in [5.74, 6) is -0.0324. The first-order valence-corrected chi connectivity index (χ1v) is 8.12. The summed E-state index contributed by atoms with van der Waals surface area (Å²) in [5.41, 5.74) is 0.743. The molecule has 2 amide bonds. The Kier molecular flexibility index (Phi) is 4.48. The zero-order valence-corrected chi connectivity index (χ0v) is 12.8. The Bertz CT molecular complexity index is 643. The van der Waals surface area contributed by atoms with Crippen molar-refractivity contribution in [3.05, 3.63) is 52.5 Å². The van der Waals surface area contributed by atoms with Crippen molar-refractivity contribution in [2.45, 2.75) is 31.3 Å². The maximum Gasteiger partial charge on any atom is 0.226 e. The molecule has 5 nitrogen and oxygen atoms in total. The summed E-state index contributed by atoms with van der Waals surface area (Å²) in [5, 5.41) is 7.99. The van der Waals surface area contributed by atoms with Crippen LogP contribution in [0.5, 0.6) is 0 Å². The van der Waals surface area contributed by atoms with Gasteiger partial charge in [0.15, 0.2) is 0 Å². The van der Waals surface area contributed by atoms with E-state index in [1.807, 2.05) is 35.7 Å². The standard InChI is InChI=1S/C16H17N3O2S/c20-14-7-6-12(16(19-14)13-5-3-9-22-13)18-15(21)10-11-4-1-2-8-17-11/h1-5,8-9,12,16H,6-7,10H2,(H,18,21)(H,19,20)/t12-,16-/m1/s1. The molecule has 0 saturated carbocycles. The van der Waals surface area contributed by atoms with Crippen molar-refractivity contribution in [2.24, 2.45) is 0 Å². The van der Waals surface area contributed by atoms with E-state index in [-0.39, 0.29) is 30.3 Å². The molecule has 2 aromatic rings. The third kappa shape index (κ3) is 3.51. The number of aromatic nitrogens is 1. The average molecular weight is 315 g/mol. The van der Waals surface area contributed by atoms with Crippen molar-refractivity contribution in [3.8, 4) is 0 Å². The second kappa shape index (κ2) is 6.70. The Balaban J connectivity index is 1.67. The predicted octanol–water partition coefficient (Wildman–Crippen LogP) is 1.82. The SMILES string of the molecule is O=C(Cc1ccccn1)N[C@@H]1CCC(=O)N[C@H]1c1cccs1. The summed E-state index contributed by atoms with van der Waals surface area (Å²) in [6.45, 7) is 0. The molecule has 1 fully saturated rings. The van der Waals surface area contributed by atoms with Gasteiger partial charge in [0.2, 0.25) is 11.8 Å². The topological polar surface area (TPSA) is 71.1 Å². The van der Waals surface area contributed by atoms with Crippen LogP contribution in [-0.4, -0.2) is 22.8 Å². The summed E-state index contributed by atoms with van der Waals surface area (Å²) < 4.78 is 0. The lowest BCUT2D eigenvalue weighted by Crippen LogP contribution is -2.50. The van der Waals surface area contributed by atoms with E-state index in [0.717, 1.165) is 10.6 Å². The molecule has 2 aromatic heterocycles. The summed E-state index contributed by atoms with van der Waals surface area (Å²) in [6, 6.07) is 9.24. The highest BCUT2D eigenvalue weighted by atomic mass is 32.1. The monoisotopic (exact) mass is 315 g/mol. The number of hydrogen-bond donors (Lipinski definition) is 2. The molecule has 1 aliphatic rings. The number of amides is 2. The molecule has 6 heteroatoms. The number of piperidine rings is 1. The molecule has 1 saturated heterocycles. The minimum absolute atomic E-state index is 0.0358. The molecule has 2 atom stereocenters. The van der Waals surface area contributed by atoms with Gasteiger partial charge in [-0.2, -0.15) is 0 Å². The van der Waals surface area contributed by atoms with Gasteiger partial charge in [0.1, 0.15) is 0 Å². The van der Waals surface area contributed by atoms with Gasteiger partial charge in [-0.15, -0.1) is 11.3 Å². The van der Waals surface area contributed by atoms with Gasteiger partial charge in [0.25, 0.3) is 0 Å². The van der Waals surface area contributed by atoms with Gasteiger partial charge < -0.3 is 10.6 Å². The summed E-state index contributed by atoms with van der Waals surface area (Å²) in [7, 11) is 0. The van der Waals surface area contributed by atoms with Gasteiger partial charge in [0.05, 0.1) is 18.5 Å². The minimum atomic E-state index is -0.145. The lowest BCUT2D eigenvalue weighted by Gasteiger charge is -2.32. The fraction of sp³-hybridized carbons (Fsp3) is 0.312. The number of thiophene rings is 1. The van der Waals surface area contributed by atoms with Crippen molar-refractivity contribution in [3.63, 3.8) is 0 Å². The Hall–Kier alpha value is -2.21. The predicted molar refractivity (Wildman–Crippen MR) is 84.3 cm³/mol. The molecule has 0 spiro atoms. The van der Waals surface area contributed by atoms with Crippen LogP contribution in [0.25, 0.3) is 0 Å². The average Bonchev–Trinajstić information content (AvgIpc) is 3.04. The molecule has 114 valence electrons. The highest BCUT2D eigenvalue weighted by Gasteiger charge is 2.31. The van der Waals surface area contributed by atoms with Crippen LogP contribution < -0.4 is 10.6 Å². The Morgan fingerprint density at radius 3 is 3.00 bits per heavy atom. The van der Waals surface area contributed by atoms with E-state index in [2.05, 4.69) is 15.6 Å². The van der Waals surface area contributed by atoms with E-state index in [1.165, 1.54) is 0 Å². The van der Waals surface area contributed by atoms with Crippen LogP contribution in [0.1, 0.15) is 29.5 Å². The smallest absolute Gasteiger partial charge is 0.226 e. The summed E-state index contributed by atoms with van der Waals surface area (Å²) in [6.07, 6.45) is 3.03. The number of nitrogens with one attached hydrogen (secondary N) is 2. The molecule has 2 N–H and O–H groups in total. The number of pyridine rings is 1. The highest BCUT2D eigenvalue weighted by Crippen LogP contribution is 2.27. The lowest BCUT2D eigenvalue weighted by atomic mass is 9.96. The molecule has 0 unspecified atom stereocenters. The first kappa shape index (κ1) is 14.7. The highest BCUT2D eigenvalue weighted by molar-refractivity contribution is 7.10. The lowest BCUT2D eigenvalue weighted by molar-refractivity contribution is -0.126. The van der Waals surface area contributed by atoms with Gasteiger partial charge in [0, 0.05) is 23.2 Å². The van der Waals surface area contributed by atoms with Crippen LogP contribution in [0.2, 0.25) is 0 Å². The van der Waals surface area contributed by atoms with E-state index in [1.54, 1.807) is 17.5 Å². The number of carbonyl (C=O) groups excluding carboxylic acids is 2. The molecular formula is C16H17N3O2S. The van der Waals surface area contributed by atoms with E-state index in [4.69, 9.17) is 0 Å². The van der Waals surface area contributed by atoms with Crippen LogP contribution in [0.3, 0.4) is 0 Å². The van der Waals surface area contributed by atoms with E-state index < -0.39 is 0 Å². The van der Waals surface area contributed by atoms with Crippen molar-refractivity contribution >= 4 is 23.2 Å². The molecule has 0 aliphatic carbocycles. The third-order valence-corrected chi connectivity index (χ3v) is 4.62. The van der Waals surface area contributed by atoms with Crippen LogP contribution >= 0.6 is 11.3 Å². The molecule has 3 heterocycles. The third-order valence-electron chi connectivity index (χ3n) is 3.67.